The molecule has 1 amide bonds. The molecule has 2 rings (SSSR count). The number of benzene rings is 1. The second kappa shape index (κ2) is 9.25. The highest BCUT2D eigenvalue weighted by atomic mass is 35.5. The van der Waals surface area contributed by atoms with Crippen LogP contribution in [-0.2, 0) is 4.74 Å². The quantitative estimate of drug-likeness (QED) is 0.496. The molecule has 29 heavy (non-hydrogen) atoms. The molecular formula is C16H17Cl2F6N3O2. The van der Waals surface area contributed by atoms with Crippen LogP contribution in [0.1, 0.15) is 10.4 Å². The number of hydrogen-bond donors (Lipinski definition) is 2. The van der Waals surface area contributed by atoms with E-state index in [2.05, 4.69) is 0 Å². The van der Waals surface area contributed by atoms with E-state index in [0.29, 0.717) is 26.3 Å². The highest BCUT2D eigenvalue weighted by Gasteiger charge is 2.72. The van der Waals surface area contributed by atoms with E-state index in [1.54, 1.807) is 4.90 Å². The van der Waals surface area contributed by atoms with Crippen molar-refractivity contribution in [2.75, 3.05) is 39.4 Å². The Morgan fingerprint density at radius 3 is 2.17 bits per heavy atom. The Bertz CT molecular complexity index is 710. The first-order chi connectivity index (χ1) is 13.4. The molecule has 5 nitrogen and oxygen atoms in total. The number of amides is 1. The Hall–Kier alpha value is -1.27. The number of alkyl halides is 6. The predicted octanol–water partition coefficient (Wildman–Crippen LogP) is 3.47. The maximum atomic E-state index is 13.6. The highest BCUT2D eigenvalue weighted by molar-refractivity contribution is 6.36. The fraction of sp³-hybridized carbons (Fsp3) is 0.562. The molecule has 1 aliphatic heterocycles. The van der Waals surface area contributed by atoms with Crippen molar-refractivity contribution in [2.24, 2.45) is 0 Å². The van der Waals surface area contributed by atoms with Crippen molar-refractivity contribution in [1.29, 1.82) is 0 Å². The molecule has 0 saturated carbocycles. The molecule has 0 spiro atoms. The van der Waals surface area contributed by atoms with Gasteiger partial charge in [-0.05, 0) is 18.2 Å². The van der Waals surface area contributed by atoms with E-state index in [1.807, 2.05) is 0 Å². The third-order valence-electron chi connectivity index (χ3n) is 4.25. The van der Waals surface area contributed by atoms with E-state index in [-0.39, 0.29) is 16.6 Å². The SMILES string of the molecule is O=C(NC(NCCN1CCOCC1)(C(F)(F)F)C(F)(F)F)c1ccc(Cl)cc1Cl. The number of nitrogens with one attached hydrogen (secondary N) is 2. The molecule has 1 saturated heterocycles. The first-order valence-electron chi connectivity index (χ1n) is 8.33. The Morgan fingerprint density at radius 2 is 1.66 bits per heavy atom. The summed E-state index contributed by atoms with van der Waals surface area (Å²) in [6, 6.07) is 3.09. The number of rotatable bonds is 6. The monoisotopic (exact) mass is 467 g/mol. The standard InChI is InChI=1S/C16H17Cl2F6N3O2/c17-10-1-2-11(12(18)9-10)13(28)26-14(15(19,20)21,16(22,23)24)25-3-4-27-5-7-29-8-6-27/h1-2,9,25H,3-8H2,(H,26,28). The second-order valence-corrected chi connectivity index (χ2v) is 7.05. The number of morpholine rings is 1. The van der Waals surface area contributed by atoms with Gasteiger partial charge in [-0.3, -0.25) is 15.0 Å². The Kier molecular flexibility index (Phi) is 7.66. The first kappa shape index (κ1) is 24.0. The Morgan fingerprint density at radius 1 is 1.07 bits per heavy atom. The van der Waals surface area contributed by atoms with Crippen LogP contribution in [0.3, 0.4) is 0 Å². The molecule has 0 radical (unpaired) electrons. The zero-order valence-electron chi connectivity index (χ0n) is 14.8. The minimum atomic E-state index is -5.88. The van der Waals surface area contributed by atoms with Gasteiger partial charge in [0.15, 0.2) is 0 Å². The highest BCUT2D eigenvalue weighted by Crippen LogP contribution is 2.41. The van der Waals surface area contributed by atoms with Crippen molar-refractivity contribution in [1.82, 2.24) is 15.5 Å². The summed E-state index contributed by atoms with van der Waals surface area (Å²) < 4.78 is 86.6. The number of nitrogens with zero attached hydrogens (tertiary/aromatic N) is 1. The summed E-state index contributed by atoms with van der Waals surface area (Å²) in [5.74, 6) is -1.65. The molecule has 2 N–H and O–H groups in total. The van der Waals surface area contributed by atoms with Crippen LogP contribution in [0.2, 0.25) is 10.0 Å². The smallest absolute Gasteiger partial charge is 0.379 e. The van der Waals surface area contributed by atoms with Crippen molar-refractivity contribution in [2.45, 2.75) is 18.0 Å². The van der Waals surface area contributed by atoms with Gasteiger partial charge in [0.05, 0.1) is 23.8 Å². The van der Waals surface area contributed by atoms with Crippen molar-refractivity contribution < 1.29 is 35.9 Å². The predicted molar refractivity (Wildman–Crippen MR) is 94.0 cm³/mol. The number of ether oxygens (including phenoxy) is 1. The fourth-order valence-corrected chi connectivity index (χ4v) is 3.18. The van der Waals surface area contributed by atoms with Crippen LogP contribution in [0.5, 0.6) is 0 Å². The third kappa shape index (κ3) is 5.66. The van der Waals surface area contributed by atoms with Crippen LogP contribution < -0.4 is 10.6 Å². The van der Waals surface area contributed by atoms with Gasteiger partial charge >= 0.3 is 12.4 Å². The van der Waals surface area contributed by atoms with Gasteiger partial charge in [0.1, 0.15) is 0 Å². The lowest BCUT2D eigenvalue weighted by Gasteiger charge is -2.39. The molecule has 0 bridgehead atoms. The summed E-state index contributed by atoms with van der Waals surface area (Å²) in [5.41, 5.74) is -5.24. The van der Waals surface area contributed by atoms with Gasteiger partial charge in [0.25, 0.3) is 11.6 Å². The van der Waals surface area contributed by atoms with Crippen molar-refractivity contribution in [3.63, 3.8) is 0 Å². The van der Waals surface area contributed by atoms with E-state index >= 15 is 0 Å². The van der Waals surface area contributed by atoms with Gasteiger partial charge in [-0.15, -0.1) is 0 Å². The topological polar surface area (TPSA) is 53.6 Å². The van der Waals surface area contributed by atoms with Crippen LogP contribution >= 0.6 is 23.2 Å². The van der Waals surface area contributed by atoms with E-state index < -0.39 is 36.0 Å². The maximum Gasteiger partial charge on any atom is 0.434 e. The molecule has 1 fully saturated rings. The zero-order valence-corrected chi connectivity index (χ0v) is 16.3. The summed E-state index contributed by atoms with van der Waals surface area (Å²) >= 11 is 11.4. The lowest BCUT2D eigenvalue weighted by molar-refractivity contribution is -0.314. The molecule has 1 aromatic carbocycles. The average molecular weight is 468 g/mol. The molecule has 164 valence electrons. The van der Waals surface area contributed by atoms with Gasteiger partial charge < -0.3 is 10.1 Å². The van der Waals surface area contributed by atoms with Crippen molar-refractivity contribution >= 4 is 29.1 Å². The van der Waals surface area contributed by atoms with Crippen LogP contribution in [0.25, 0.3) is 0 Å². The van der Waals surface area contributed by atoms with Gasteiger partial charge in [-0.2, -0.15) is 26.3 Å². The van der Waals surface area contributed by atoms with E-state index in [0.717, 1.165) is 23.5 Å². The normalized spacial score (nSPS) is 16.7. The number of carbonyl (C=O) groups is 1. The molecule has 1 aliphatic rings. The summed E-state index contributed by atoms with van der Waals surface area (Å²) in [7, 11) is 0. The summed E-state index contributed by atoms with van der Waals surface area (Å²) in [6.45, 7) is 0.617. The van der Waals surface area contributed by atoms with Gasteiger partial charge in [0, 0.05) is 31.2 Å². The number of hydrogen-bond acceptors (Lipinski definition) is 4. The molecule has 0 unspecified atom stereocenters. The van der Waals surface area contributed by atoms with E-state index in [1.165, 1.54) is 5.32 Å². The van der Waals surface area contributed by atoms with Gasteiger partial charge in [-0.25, -0.2) is 0 Å². The van der Waals surface area contributed by atoms with Crippen LogP contribution in [0, 0.1) is 0 Å². The van der Waals surface area contributed by atoms with E-state index in [4.69, 9.17) is 27.9 Å². The van der Waals surface area contributed by atoms with E-state index in [9.17, 15) is 31.1 Å². The third-order valence-corrected chi connectivity index (χ3v) is 4.80. The Balaban J connectivity index is 2.26. The zero-order chi connectivity index (χ0) is 21.9. The molecule has 1 aromatic rings. The molecule has 0 aliphatic carbocycles. The Labute approximate surface area is 172 Å². The maximum absolute atomic E-state index is 13.6. The molecule has 0 aromatic heterocycles. The van der Waals surface area contributed by atoms with Crippen LogP contribution in [0.15, 0.2) is 18.2 Å². The number of carbonyl (C=O) groups excluding carboxylic acids is 1. The summed E-state index contributed by atoms with van der Waals surface area (Å²) in [5, 5.41) is 2.19. The van der Waals surface area contributed by atoms with Crippen LogP contribution in [0.4, 0.5) is 26.3 Å². The average Bonchev–Trinajstić information content (AvgIpc) is 2.59. The number of halogens is 8. The molecule has 1 heterocycles. The van der Waals surface area contributed by atoms with Crippen molar-refractivity contribution in [3.05, 3.63) is 33.8 Å². The molecule has 0 atom stereocenters. The molecule has 13 heteroatoms. The largest absolute Gasteiger partial charge is 0.434 e. The minimum absolute atomic E-state index is 0.0630. The fourth-order valence-electron chi connectivity index (χ4n) is 2.68. The van der Waals surface area contributed by atoms with Crippen molar-refractivity contribution in [3.8, 4) is 0 Å². The lowest BCUT2D eigenvalue weighted by Crippen LogP contribution is -2.75. The lowest BCUT2D eigenvalue weighted by atomic mass is 10.1. The summed E-state index contributed by atoms with van der Waals surface area (Å²) in [6.07, 6.45) is -11.8. The first-order valence-corrected chi connectivity index (χ1v) is 9.09. The van der Waals surface area contributed by atoms with Gasteiger partial charge in [0.2, 0.25) is 0 Å². The van der Waals surface area contributed by atoms with Crippen LogP contribution in [-0.4, -0.2) is 68.2 Å². The minimum Gasteiger partial charge on any atom is -0.379 e. The second-order valence-electron chi connectivity index (χ2n) is 6.20. The van der Waals surface area contributed by atoms with Gasteiger partial charge in [-0.1, -0.05) is 23.2 Å². The molecular weight excluding hydrogens is 451 g/mol. The summed E-state index contributed by atoms with van der Waals surface area (Å²) in [4.78, 5) is 13.9.